The minimum absolute atomic E-state index is 0.0468. The number of nitrogens with one attached hydrogen (secondary N) is 2. The first-order chi connectivity index (χ1) is 10.5. The topological polar surface area (TPSA) is 45.7 Å². The Morgan fingerprint density at radius 1 is 1.36 bits per heavy atom. The third-order valence-corrected chi connectivity index (χ3v) is 3.72. The number of hydrogen-bond acceptors (Lipinski definition) is 2. The predicted octanol–water partition coefficient (Wildman–Crippen LogP) is 3.67. The van der Waals surface area contributed by atoms with E-state index in [-0.39, 0.29) is 17.3 Å². The van der Waals surface area contributed by atoms with E-state index in [0.29, 0.717) is 22.5 Å². The molecule has 0 amide bonds. The quantitative estimate of drug-likeness (QED) is 0.607. The maximum atomic E-state index is 12.5. The molecule has 1 aliphatic carbocycles. The number of benzene rings is 1. The summed E-state index contributed by atoms with van der Waals surface area (Å²) >= 11 is 11.8. The second kappa shape index (κ2) is 7.83. The monoisotopic (exact) mass is 351 g/mol. The van der Waals surface area contributed by atoms with E-state index in [0.717, 1.165) is 6.54 Å². The van der Waals surface area contributed by atoms with Crippen LogP contribution in [-0.4, -0.2) is 26.2 Å². The Kier molecular flexibility index (Phi) is 6.08. The van der Waals surface area contributed by atoms with Crippen molar-refractivity contribution in [1.29, 1.82) is 0 Å². The Hall–Kier alpha value is -1.27. The molecule has 0 spiro atoms. The molecule has 1 aliphatic rings. The van der Waals surface area contributed by atoms with Gasteiger partial charge in [0.1, 0.15) is 5.75 Å². The fourth-order valence-electron chi connectivity index (χ4n) is 1.93. The smallest absolute Gasteiger partial charge is 0.387 e. The minimum Gasteiger partial charge on any atom is -0.433 e. The van der Waals surface area contributed by atoms with Crippen molar-refractivity contribution >= 4 is 29.2 Å². The van der Waals surface area contributed by atoms with Gasteiger partial charge < -0.3 is 15.4 Å². The molecule has 0 atom stereocenters. The highest BCUT2D eigenvalue weighted by Crippen LogP contribution is 2.33. The molecule has 22 heavy (non-hydrogen) atoms. The molecular weight excluding hydrogens is 335 g/mol. The van der Waals surface area contributed by atoms with Crippen molar-refractivity contribution in [1.82, 2.24) is 10.6 Å². The van der Waals surface area contributed by atoms with Gasteiger partial charge in [0, 0.05) is 30.7 Å². The van der Waals surface area contributed by atoms with Crippen LogP contribution in [0.2, 0.25) is 10.0 Å². The zero-order valence-electron chi connectivity index (χ0n) is 12.0. The molecule has 8 heteroatoms. The van der Waals surface area contributed by atoms with Gasteiger partial charge in [-0.1, -0.05) is 23.2 Å². The van der Waals surface area contributed by atoms with Crippen LogP contribution in [0.1, 0.15) is 18.4 Å². The van der Waals surface area contributed by atoms with E-state index in [1.165, 1.54) is 25.0 Å². The molecule has 1 fully saturated rings. The van der Waals surface area contributed by atoms with E-state index in [1.54, 1.807) is 7.05 Å². The highest BCUT2D eigenvalue weighted by Gasteiger charge is 2.21. The lowest BCUT2D eigenvalue weighted by atomic mass is 10.2. The summed E-state index contributed by atoms with van der Waals surface area (Å²) in [7, 11) is 1.64. The van der Waals surface area contributed by atoms with Crippen LogP contribution in [0.25, 0.3) is 0 Å². The summed E-state index contributed by atoms with van der Waals surface area (Å²) < 4.78 is 29.5. The van der Waals surface area contributed by atoms with Crippen LogP contribution in [-0.2, 0) is 6.54 Å². The molecule has 0 saturated heterocycles. The molecule has 2 N–H and O–H groups in total. The average molecular weight is 352 g/mol. The number of ether oxygens (including phenoxy) is 1. The summed E-state index contributed by atoms with van der Waals surface area (Å²) in [4.78, 5) is 4.08. The van der Waals surface area contributed by atoms with Gasteiger partial charge in [-0.3, -0.25) is 4.99 Å². The molecular formula is C14H17Cl2F2N3O. The normalized spacial score (nSPS) is 15.1. The lowest BCUT2D eigenvalue weighted by molar-refractivity contribution is -0.0504. The Morgan fingerprint density at radius 2 is 2.09 bits per heavy atom. The summed E-state index contributed by atoms with van der Waals surface area (Å²) in [5.41, 5.74) is 0.437. The molecule has 0 radical (unpaired) electrons. The van der Waals surface area contributed by atoms with Crippen LogP contribution in [0.3, 0.4) is 0 Å². The molecule has 1 aromatic rings. The summed E-state index contributed by atoms with van der Waals surface area (Å²) in [5, 5.41) is 6.61. The van der Waals surface area contributed by atoms with Crippen LogP contribution in [0.15, 0.2) is 17.1 Å². The third kappa shape index (κ3) is 5.18. The molecule has 0 aromatic heterocycles. The van der Waals surface area contributed by atoms with Crippen molar-refractivity contribution in [3.05, 3.63) is 27.7 Å². The van der Waals surface area contributed by atoms with Crippen LogP contribution >= 0.6 is 23.2 Å². The predicted molar refractivity (Wildman–Crippen MR) is 84.0 cm³/mol. The van der Waals surface area contributed by atoms with Gasteiger partial charge >= 0.3 is 6.61 Å². The molecule has 0 bridgehead atoms. The van der Waals surface area contributed by atoms with Crippen molar-refractivity contribution in [2.45, 2.75) is 26.0 Å². The van der Waals surface area contributed by atoms with Crippen LogP contribution < -0.4 is 15.4 Å². The molecule has 0 heterocycles. The molecule has 0 aliphatic heterocycles. The minimum atomic E-state index is -2.95. The van der Waals surface area contributed by atoms with Crippen LogP contribution in [0, 0.1) is 5.92 Å². The van der Waals surface area contributed by atoms with E-state index in [2.05, 4.69) is 20.4 Å². The van der Waals surface area contributed by atoms with Gasteiger partial charge in [-0.2, -0.15) is 8.78 Å². The fourth-order valence-corrected chi connectivity index (χ4v) is 2.51. The first-order valence-corrected chi connectivity index (χ1v) is 7.62. The second-order valence-corrected chi connectivity index (χ2v) is 5.85. The fraction of sp³-hybridized carbons (Fsp3) is 0.500. The molecule has 4 nitrogen and oxygen atoms in total. The van der Waals surface area contributed by atoms with E-state index < -0.39 is 6.61 Å². The summed E-state index contributed by atoms with van der Waals surface area (Å²) in [6.07, 6.45) is 2.44. The molecule has 0 unspecified atom stereocenters. The first-order valence-electron chi connectivity index (χ1n) is 6.87. The maximum absolute atomic E-state index is 12.5. The number of halogens is 4. The van der Waals surface area contributed by atoms with Gasteiger partial charge in [-0.15, -0.1) is 0 Å². The number of aliphatic imine (C=N–C) groups is 1. The van der Waals surface area contributed by atoms with Crippen molar-refractivity contribution in [2.75, 3.05) is 13.6 Å². The number of hydrogen-bond donors (Lipinski definition) is 2. The van der Waals surface area contributed by atoms with Crippen molar-refractivity contribution in [2.24, 2.45) is 10.9 Å². The number of alkyl halides is 2. The third-order valence-electron chi connectivity index (χ3n) is 3.22. The van der Waals surface area contributed by atoms with E-state index in [1.807, 2.05) is 0 Å². The van der Waals surface area contributed by atoms with Gasteiger partial charge in [0.05, 0.1) is 5.02 Å². The largest absolute Gasteiger partial charge is 0.433 e. The van der Waals surface area contributed by atoms with Crippen LogP contribution in [0.4, 0.5) is 8.78 Å². The highest BCUT2D eigenvalue weighted by atomic mass is 35.5. The van der Waals surface area contributed by atoms with Gasteiger partial charge in [-0.05, 0) is 30.9 Å². The summed E-state index contributed by atoms with van der Waals surface area (Å²) in [6.45, 7) is -1.90. The highest BCUT2D eigenvalue weighted by molar-refractivity contribution is 6.35. The Bertz CT molecular complexity index is 551. The van der Waals surface area contributed by atoms with Crippen molar-refractivity contribution in [3.8, 4) is 5.75 Å². The van der Waals surface area contributed by atoms with Crippen molar-refractivity contribution in [3.63, 3.8) is 0 Å². The molecule has 1 aromatic carbocycles. The summed E-state index contributed by atoms with van der Waals surface area (Å²) in [5.74, 6) is 1.20. The Labute approximate surface area is 137 Å². The lowest BCUT2D eigenvalue weighted by Gasteiger charge is -2.16. The number of rotatable bonds is 6. The summed E-state index contributed by atoms with van der Waals surface area (Å²) in [6, 6.07) is 2.90. The zero-order valence-corrected chi connectivity index (χ0v) is 13.5. The molecule has 122 valence electrons. The number of guanidine groups is 1. The molecule has 2 rings (SSSR count). The van der Waals surface area contributed by atoms with E-state index >= 15 is 0 Å². The van der Waals surface area contributed by atoms with E-state index in [4.69, 9.17) is 23.2 Å². The lowest BCUT2D eigenvalue weighted by Crippen LogP contribution is -2.38. The SMILES string of the molecule is CN=C(NCc1cc(Cl)cc(Cl)c1OC(F)F)NCC1CC1. The maximum Gasteiger partial charge on any atom is 0.387 e. The molecule has 1 saturated carbocycles. The Morgan fingerprint density at radius 3 is 2.68 bits per heavy atom. The Balaban J connectivity index is 2.03. The second-order valence-electron chi connectivity index (χ2n) is 5.00. The first kappa shape index (κ1) is 17.1. The zero-order chi connectivity index (χ0) is 16.1. The van der Waals surface area contributed by atoms with Gasteiger partial charge in [0.25, 0.3) is 0 Å². The number of nitrogens with zero attached hydrogens (tertiary/aromatic N) is 1. The van der Waals surface area contributed by atoms with Gasteiger partial charge in [0.2, 0.25) is 0 Å². The standard InChI is InChI=1S/C14H17Cl2F2N3O/c1-19-14(20-6-8-2-3-8)21-7-9-4-10(15)5-11(16)12(9)22-13(17)18/h4-5,8,13H,2-3,6-7H2,1H3,(H2,19,20,21). The van der Waals surface area contributed by atoms with E-state index in [9.17, 15) is 8.78 Å². The van der Waals surface area contributed by atoms with Gasteiger partial charge in [-0.25, -0.2) is 0 Å². The van der Waals surface area contributed by atoms with Crippen LogP contribution in [0.5, 0.6) is 5.75 Å². The van der Waals surface area contributed by atoms with Crippen molar-refractivity contribution < 1.29 is 13.5 Å². The van der Waals surface area contributed by atoms with Gasteiger partial charge in [0.15, 0.2) is 5.96 Å². The average Bonchev–Trinajstić information content (AvgIpc) is 3.26.